The zero-order valence-corrected chi connectivity index (χ0v) is 16.5. The molecule has 0 bridgehead atoms. The van der Waals surface area contributed by atoms with Crippen LogP contribution in [-0.4, -0.2) is 42.1 Å². The number of thiophene rings is 1. The van der Waals surface area contributed by atoms with Crippen molar-refractivity contribution in [2.45, 2.75) is 13.1 Å². The summed E-state index contributed by atoms with van der Waals surface area (Å²) in [5, 5.41) is 4.42. The van der Waals surface area contributed by atoms with Gasteiger partial charge in [-0.05, 0) is 29.1 Å². The smallest absolute Gasteiger partial charge is 0.332 e. The van der Waals surface area contributed by atoms with E-state index < -0.39 is 5.69 Å². The molecule has 1 amide bonds. The van der Waals surface area contributed by atoms with Gasteiger partial charge in [0.05, 0.1) is 18.7 Å². The molecule has 0 radical (unpaired) electrons. The minimum absolute atomic E-state index is 0.0629. The summed E-state index contributed by atoms with van der Waals surface area (Å²) >= 11 is 1.24. The highest BCUT2D eigenvalue weighted by Crippen LogP contribution is 2.32. The van der Waals surface area contributed by atoms with E-state index in [0.29, 0.717) is 34.9 Å². The molecule has 0 aliphatic carbocycles. The van der Waals surface area contributed by atoms with Crippen LogP contribution >= 0.6 is 11.3 Å². The van der Waals surface area contributed by atoms with Crippen molar-refractivity contribution in [3.8, 4) is 11.5 Å². The number of rotatable bonds is 7. The van der Waals surface area contributed by atoms with Gasteiger partial charge < -0.3 is 19.5 Å². The van der Waals surface area contributed by atoms with Crippen LogP contribution in [0.4, 0.5) is 0 Å². The maximum Gasteiger partial charge on any atom is 0.332 e. The van der Waals surface area contributed by atoms with E-state index in [1.165, 1.54) is 23.0 Å². The van der Waals surface area contributed by atoms with Crippen molar-refractivity contribution in [3.63, 3.8) is 0 Å². The van der Waals surface area contributed by atoms with E-state index in [1.807, 2.05) is 0 Å². The molecule has 4 rings (SSSR count). The fourth-order valence-electron chi connectivity index (χ4n) is 3.14. The van der Waals surface area contributed by atoms with E-state index in [2.05, 4.69) is 5.32 Å². The third-order valence-corrected chi connectivity index (χ3v) is 5.44. The van der Waals surface area contributed by atoms with Gasteiger partial charge in [-0.2, -0.15) is 0 Å². The van der Waals surface area contributed by atoms with Gasteiger partial charge in [-0.15, -0.1) is 11.3 Å². The molecule has 29 heavy (non-hydrogen) atoms. The summed E-state index contributed by atoms with van der Waals surface area (Å²) in [6.45, 7) is 0.737. The number of carbonyl (C=O) groups excluding carboxylic acids is 1. The Morgan fingerprint density at radius 3 is 2.86 bits per heavy atom. The molecule has 1 aromatic carbocycles. The summed E-state index contributed by atoms with van der Waals surface area (Å²) in [6, 6.07) is 6.94. The van der Waals surface area contributed by atoms with Gasteiger partial charge in [0, 0.05) is 13.7 Å². The number of hydrogen-bond donors (Lipinski definition) is 1. The number of hydrogen-bond acceptors (Lipinski definition) is 7. The largest absolute Gasteiger partial charge is 0.454 e. The van der Waals surface area contributed by atoms with E-state index in [0.717, 1.165) is 10.1 Å². The molecule has 0 fully saturated rings. The number of nitrogens with one attached hydrogen (secondary N) is 1. The Morgan fingerprint density at radius 1 is 1.21 bits per heavy atom. The topological polar surface area (TPSA) is 101 Å². The van der Waals surface area contributed by atoms with Crippen molar-refractivity contribution in [2.75, 3.05) is 27.1 Å². The third-order valence-electron chi connectivity index (χ3n) is 4.54. The minimum Gasteiger partial charge on any atom is -0.454 e. The molecule has 0 spiro atoms. The molecule has 1 N–H and O–H groups in total. The van der Waals surface area contributed by atoms with Gasteiger partial charge in [-0.3, -0.25) is 18.7 Å². The molecule has 2 aromatic heterocycles. The monoisotopic (exact) mass is 417 g/mol. The summed E-state index contributed by atoms with van der Waals surface area (Å²) in [6.07, 6.45) is 0. The summed E-state index contributed by atoms with van der Waals surface area (Å²) < 4.78 is 18.5. The Kier molecular flexibility index (Phi) is 5.36. The average molecular weight is 417 g/mol. The zero-order chi connectivity index (χ0) is 20.4. The molecule has 0 saturated heterocycles. The molecule has 1 aliphatic heterocycles. The number of carbonyl (C=O) groups is 1. The number of nitrogens with zero attached hydrogens (tertiary/aromatic N) is 2. The minimum atomic E-state index is -0.541. The van der Waals surface area contributed by atoms with Crippen LogP contribution < -0.4 is 26.0 Å². The van der Waals surface area contributed by atoms with Crippen molar-refractivity contribution in [1.82, 2.24) is 14.5 Å². The van der Waals surface area contributed by atoms with Crippen LogP contribution in [0.15, 0.2) is 39.2 Å². The van der Waals surface area contributed by atoms with E-state index in [-0.39, 0.29) is 31.3 Å². The van der Waals surface area contributed by atoms with Gasteiger partial charge >= 0.3 is 5.69 Å². The molecular weight excluding hydrogens is 398 g/mol. The summed E-state index contributed by atoms with van der Waals surface area (Å²) in [5.74, 6) is 0.871. The molecule has 3 aromatic rings. The van der Waals surface area contributed by atoms with Crippen molar-refractivity contribution < 1.29 is 19.0 Å². The lowest BCUT2D eigenvalue weighted by Gasteiger charge is -2.12. The van der Waals surface area contributed by atoms with Gasteiger partial charge in [0.25, 0.3) is 5.56 Å². The lowest BCUT2D eigenvalue weighted by Crippen LogP contribution is -2.42. The zero-order valence-electron chi connectivity index (χ0n) is 15.7. The van der Waals surface area contributed by atoms with E-state index in [4.69, 9.17) is 14.2 Å². The van der Waals surface area contributed by atoms with Gasteiger partial charge in [-0.1, -0.05) is 6.07 Å². The number of benzene rings is 1. The molecule has 152 valence electrons. The second-order valence-corrected chi connectivity index (χ2v) is 7.34. The number of methoxy groups -OCH3 is 1. The molecule has 1 aliphatic rings. The Labute approximate surface area is 169 Å². The first-order valence-corrected chi connectivity index (χ1v) is 9.81. The molecule has 0 saturated carbocycles. The van der Waals surface area contributed by atoms with E-state index >= 15 is 0 Å². The van der Waals surface area contributed by atoms with Crippen LogP contribution in [0.1, 0.15) is 5.56 Å². The van der Waals surface area contributed by atoms with Crippen molar-refractivity contribution in [3.05, 3.63) is 56.0 Å². The quantitative estimate of drug-likeness (QED) is 0.570. The van der Waals surface area contributed by atoms with Gasteiger partial charge in [0.1, 0.15) is 11.2 Å². The Hall–Kier alpha value is -3.11. The van der Waals surface area contributed by atoms with Crippen LogP contribution in [0, 0.1) is 0 Å². The van der Waals surface area contributed by atoms with E-state index in [9.17, 15) is 14.4 Å². The normalized spacial score (nSPS) is 12.4. The molecule has 0 atom stereocenters. The number of ether oxygens (including phenoxy) is 3. The van der Waals surface area contributed by atoms with Crippen LogP contribution in [-0.2, 0) is 22.6 Å². The van der Waals surface area contributed by atoms with Gasteiger partial charge in [0.2, 0.25) is 12.7 Å². The van der Waals surface area contributed by atoms with Gasteiger partial charge in [0.15, 0.2) is 11.5 Å². The molecule has 0 unspecified atom stereocenters. The fraction of sp³-hybridized carbons (Fsp3) is 0.316. The SMILES string of the molecule is COCCNC(=O)Cn1c(=O)n(Cc2ccc3c(c2)OCO3)c(=O)c2sccc21. The first-order valence-electron chi connectivity index (χ1n) is 8.93. The van der Waals surface area contributed by atoms with Crippen LogP contribution in [0.2, 0.25) is 0 Å². The van der Waals surface area contributed by atoms with Gasteiger partial charge in [-0.25, -0.2) is 4.79 Å². The standard InChI is InChI=1S/C19H19N3O6S/c1-26-6-5-20-16(23)10-21-13-4-7-29-17(13)18(24)22(19(21)25)9-12-2-3-14-15(8-12)28-11-27-14/h2-4,7-8H,5-6,9-11H2,1H3,(H,20,23). The first kappa shape index (κ1) is 19.2. The predicted molar refractivity (Wildman–Crippen MR) is 107 cm³/mol. The lowest BCUT2D eigenvalue weighted by molar-refractivity contribution is -0.121. The van der Waals surface area contributed by atoms with E-state index in [1.54, 1.807) is 29.6 Å². The molecule has 9 nitrogen and oxygen atoms in total. The number of fused-ring (bicyclic) bond motifs is 2. The summed E-state index contributed by atoms with van der Waals surface area (Å²) in [5.41, 5.74) is 0.253. The second-order valence-electron chi connectivity index (χ2n) is 6.43. The summed E-state index contributed by atoms with van der Waals surface area (Å²) in [4.78, 5) is 38.2. The van der Waals surface area contributed by atoms with Crippen molar-refractivity contribution in [1.29, 1.82) is 0 Å². The van der Waals surface area contributed by atoms with Crippen molar-refractivity contribution in [2.24, 2.45) is 0 Å². The Morgan fingerprint density at radius 2 is 2.03 bits per heavy atom. The number of amides is 1. The predicted octanol–water partition coefficient (Wildman–Crippen LogP) is 0.764. The van der Waals surface area contributed by atoms with Crippen LogP contribution in [0.3, 0.4) is 0 Å². The third kappa shape index (κ3) is 3.76. The van der Waals surface area contributed by atoms with Crippen LogP contribution in [0.5, 0.6) is 11.5 Å². The first-order chi connectivity index (χ1) is 14.1. The Balaban J connectivity index is 1.70. The Bertz CT molecular complexity index is 1180. The lowest BCUT2D eigenvalue weighted by atomic mass is 10.2. The molecule has 3 heterocycles. The summed E-state index contributed by atoms with van der Waals surface area (Å²) in [7, 11) is 1.54. The maximum atomic E-state index is 13.1. The fourth-order valence-corrected chi connectivity index (χ4v) is 3.98. The number of aromatic nitrogens is 2. The highest BCUT2D eigenvalue weighted by Gasteiger charge is 2.18. The second kappa shape index (κ2) is 8.10. The average Bonchev–Trinajstić information content (AvgIpc) is 3.37. The van der Waals surface area contributed by atoms with Crippen LogP contribution in [0.25, 0.3) is 10.2 Å². The highest BCUT2D eigenvalue weighted by molar-refractivity contribution is 7.17. The highest BCUT2D eigenvalue weighted by atomic mass is 32.1. The van der Waals surface area contributed by atoms with Crippen molar-refractivity contribution >= 4 is 27.5 Å². The molecule has 10 heteroatoms. The molecular formula is C19H19N3O6S. The maximum absolute atomic E-state index is 13.1.